The van der Waals surface area contributed by atoms with E-state index in [2.05, 4.69) is 10.3 Å². The highest BCUT2D eigenvalue weighted by Crippen LogP contribution is 2.29. The predicted molar refractivity (Wildman–Crippen MR) is 125 cm³/mol. The Balaban J connectivity index is 1.26. The van der Waals surface area contributed by atoms with E-state index in [0.717, 1.165) is 22.1 Å². The highest BCUT2D eigenvalue weighted by atomic mass is 35.5. The number of ether oxygens (including phenoxy) is 2. The van der Waals surface area contributed by atoms with Crippen LogP contribution in [0.1, 0.15) is 16.7 Å². The van der Waals surface area contributed by atoms with Crippen molar-refractivity contribution in [1.29, 1.82) is 0 Å². The summed E-state index contributed by atoms with van der Waals surface area (Å²) in [6, 6.07) is 25.2. The number of hydrogen-bond acceptors (Lipinski definition) is 4. The molecule has 162 valence electrons. The van der Waals surface area contributed by atoms with Crippen molar-refractivity contribution in [3.63, 3.8) is 0 Å². The van der Waals surface area contributed by atoms with Gasteiger partial charge in [0.25, 0.3) is 5.91 Å². The number of carbonyl (C=O) groups is 1. The highest BCUT2D eigenvalue weighted by molar-refractivity contribution is 6.35. The third kappa shape index (κ3) is 5.84. The van der Waals surface area contributed by atoms with Crippen LogP contribution in [0.2, 0.25) is 5.02 Å². The summed E-state index contributed by atoms with van der Waals surface area (Å²) in [5, 5.41) is 4.27. The first-order chi connectivity index (χ1) is 15.7. The smallest absolute Gasteiger partial charge is 0.258 e. The Morgan fingerprint density at radius 2 is 1.66 bits per heavy atom. The number of halogens is 1. The molecule has 1 heterocycles. The van der Waals surface area contributed by atoms with E-state index in [-0.39, 0.29) is 12.5 Å². The molecule has 0 atom stereocenters. The van der Waals surface area contributed by atoms with Crippen LogP contribution in [0.4, 0.5) is 0 Å². The van der Waals surface area contributed by atoms with Crippen LogP contribution in [0.15, 0.2) is 85.1 Å². The first kappa shape index (κ1) is 21.8. The Labute approximate surface area is 192 Å². The molecule has 3 aromatic carbocycles. The molecule has 1 aromatic heterocycles. The zero-order valence-corrected chi connectivity index (χ0v) is 18.2. The first-order valence-electron chi connectivity index (χ1n) is 10.3. The Morgan fingerprint density at radius 1 is 0.875 bits per heavy atom. The minimum atomic E-state index is -0.213. The van der Waals surface area contributed by atoms with Crippen LogP contribution >= 0.6 is 11.6 Å². The summed E-state index contributed by atoms with van der Waals surface area (Å²) in [6.45, 7) is 1.38. The number of nitrogens with zero attached hydrogens (tertiary/aromatic N) is 1. The maximum Gasteiger partial charge on any atom is 0.258 e. The lowest BCUT2D eigenvalue weighted by Crippen LogP contribution is -2.28. The van der Waals surface area contributed by atoms with Crippen molar-refractivity contribution < 1.29 is 14.3 Å². The van der Waals surface area contributed by atoms with Gasteiger partial charge < -0.3 is 14.8 Å². The summed E-state index contributed by atoms with van der Waals surface area (Å²) in [5.41, 5.74) is 3.83. The number of benzene rings is 3. The third-order valence-corrected chi connectivity index (χ3v) is 5.23. The van der Waals surface area contributed by atoms with Crippen molar-refractivity contribution in [2.75, 3.05) is 6.61 Å². The van der Waals surface area contributed by atoms with Crippen molar-refractivity contribution in [3.8, 4) is 5.75 Å². The molecule has 0 radical (unpaired) electrons. The molecule has 0 aliphatic heterocycles. The molecular formula is C26H23ClN2O3. The minimum absolute atomic E-state index is 0.104. The van der Waals surface area contributed by atoms with E-state index in [4.69, 9.17) is 21.1 Å². The number of fused-ring (bicyclic) bond motifs is 1. The summed E-state index contributed by atoms with van der Waals surface area (Å²) in [7, 11) is 0. The number of rotatable bonds is 9. The number of amides is 1. The van der Waals surface area contributed by atoms with Crippen molar-refractivity contribution in [2.24, 2.45) is 0 Å². The van der Waals surface area contributed by atoms with Crippen LogP contribution in [-0.2, 0) is 29.3 Å². The molecule has 0 saturated heterocycles. The Bertz CT molecular complexity index is 1200. The van der Waals surface area contributed by atoms with Crippen LogP contribution in [0, 0.1) is 0 Å². The van der Waals surface area contributed by atoms with Crippen LogP contribution < -0.4 is 10.1 Å². The Hall–Kier alpha value is -3.41. The van der Waals surface area contributed by atoms with Gasteiger partial charge in [-0.2, -0.15) is 0 Å². The number of aromatic nitrogens is 1. The fourth-order valence-electron chi connectivity index (χ4n) is 3.31. The maximum absolute atomic E-state index is 12.3. The van der Waals surface area contributed by atoms with Crippen molar-refractivity contribution in [3.05, 3.63) is 107 Å². The summed E-state index contributed by atoms with van der Waals surface area (Å²) in [6.07, 6.45) is 1.67. The maximum atomic E-state index is 12.3. The molecule has 1 amide bonds. The molecule has 6 heteroatoms. The lowest BCUT2D eigenvalue weighted by Gasteiger charge is -2.11. The van der Waals surface area contributed by atoms with Crippen LogP contribution in [-0.4, -0.2) is 17.5 Å². The SMILES string of the molecule is O=C(COc1ccc(Cl)c2cccnc12)NCc1cccc(COCc2ccccc2)c1. The quantitative estimate of drug-likeness (QED) is 0.379. The Kier molecular flexibility index (Phi) is 7.33. The molecule has 0 fully saturated rings. The van der Waals surface area contributed by atoms with Gasteiger partial charge in [-0.1, -0.05) is 66.2 Å². The first-order valence-corrected chi connectivity index (χ1v) is 10.7. The fourth-order valence-corrected chi connectivity index (χ4v) is 3.53. The Morgan fingerprint density at radius 3 is 2.53 bits per heavy atom. The van der Waals surface area contributed by atoms with Crippen LogP contribution in [0.25, 0.3) is 10.9 Å². The van der Waals surface area contributed by atoms with E-state index in [0.29, 0.717) is 36.0 Å². The number of pyridine rings is 1. The fraction of sp³-hybridized carbons (Fsp3) is 0.154. The van der Waals surface area contributed by atoms with Gasteiger partial charge in [-0.15, -0.1) is 0 Å². The number of hydrogen-bond donors (Lipinski definition) is 1. The zero-order valence-electron chi connectivity index (χ0n) is 17.5. The number of carbonyl (C=O) groups excluding carboxylic acids is 1. The molecule has 0 spiro atoms. The lowest BCUT2D eigenvalue weighted by atomic mass is 10.1. The number of nitrogens with one attached hydrogen (secondary N) is 1. The van der Waals surface area contributed by atoms with Crippen LogP contribution in [0.3, 0.4) is 0 Å². The van der Waals surface area contributed by atoms with Crippen LogP contribution in [0.5, 0.6) is 5.75 Å². The average Bonchev–Trinajstić information content (AvgIpc) is 2.83. The van der Waals surface area contributed by atoms with Gasteiger partial charge in [-0.05, 0) is 41.0 Å². The van der Waals surface area contributed by atoms with E-state index < -0.39 is 0 Å². The van der Waals surface area contributed by atoms with E-state index >= 15 is 0 Å². The average molecular weight is 447 g/mol. The minimum Gasteiger partial charge on any atom is -0.481 e. The van der Waals surface area contributed by atoms with E-state index in [1.54, 1.807) is 18.3 Å². The van der Waals surface area contributed by atoms with E-state index in [1.165, 1.54) is 0 Å². The van der Waals surface area contributed by atoms with Gasteiger partial charge in [0, 0.05) is 18.1 Å². The van der Waals surface area contributed by atoms with E-state index in [9.17, 15) is 4.79 Å². The molecule has 0 bridgehead atoms. The molecule has 0 aliphatic rings. The molecule has 4 aromatic rings. The molecule has 4 rings (SSSR count). The summed E-state index contributed by atoms with van der Waals surface area (Å²) in [5.74, 6) is 0.312. The molecule has 0 aliphatic carbocycles. The zero-order chi connectivity index (χ0) is 22.2. The van der Waals surface area contributed by atoms with Crippen molar-refractivity contribution in [1.82, 2.24) is 10.3 Å². The highest BCUT2D eigenvalue weighted by Gasteiger charge is 2.09. The lowest BCUT2D eigenvalue weighted by molar-refractivity contribution is -0.123. The summed E-state index contributed by atoms with van der Waals surface area (Å²) < 4.78 is 11.5. The normalized spacial score (nSPS) is 10.8. The third-order valence-electron chi connectivity index (χ3n) is 4.90. The van der Waals surface area contributed by atoms with Gasteiger partial charge in [-0.25, -0.2) is 0 Å². The standard InChI is InChI=1S/C26H23ClN2O3/c27-23-11-12-24(26-22(23)10-5-13-28-26)32-18-25(30)29-15-20-8-4-9-21(14-20)17-31-16-19-6-2-1-3-7-19/h1-14H,15-18H2,(H,29,30). The van der Waals surface area contributed by atoms with Gasteiger partial charge in [0.15, 0.2) is 6.61 Å². The molecule has 0 saturated carbocycles. The molecular weight excluding hydrogens is 424 g/mol. The molecule has 1 N–H and O–H groups in total. The summed E-state index contributed by atoms with van der Waals surface area (Å²) >= 11 is 6.20. The topological polar surface area (TPSA) is 60.5 Å². The second-order valence-electron chi connectivity index (χ2n) is 7.31. The van der Waals surface area contributed by atoms with Crippen molar-refractivity contribution >= 4 is 28.4 Å². The van der Waals surface area contributed by atoms with Gasteiger partial charge in [0.05, 0.1) is 18.2 Å². The second kappa shape index (κ2) is 10.8. The van der Waals surface area contributed by atoms with Gasteiger partial charge >= 0.3 is 0 Å². The summed E-state index contributed by atoms with van der Waals surface area (Å²) in [4.78, 5) is 16.6. The molecule has 0 unspecified atom stereocenters. The second-order valence-corrected chi connectivity index (χ2v) is 7.72. The largest absolute Gasteiger partial charge is 0.481 e. The van der Waals surface area contributed by atoms with E-state index in [1.807, 2.05) is 66.7 Å². The monoisotopic (exact) mass is 446 g/mol. The van der Waals surface area contributed by atoms with Gasteiger partial charge in [-0.3, -0.25) is 9.78 Å². The molecule has 5 nitrogen and oxygen atoms in total. The van der Waals surface area contributed by atoms with Gasteiger partial charge in [0.1, 0.15) is 11.3 Å². The van der Waals surface area contributed by atoms with Crippen molar-refractivity contribution in [2.45, 2.75) is 19.8 Å². The molecule has 32 heavy (non-hydrogen) atoms. The predicted octanol–water partition coefficient (Wildman–Crippen LogP) is 5.30. The van der Waals surface area contributed by atoms with Gasteiger partial charge in [0.2, 0.25) is 0 Å².